The van der Waals surface area contributed by atoms with Crippen molar-refractivity contribution in [3.05, 3.63) is 80.6 Å². The molecule has 6 heterocycles. The molecule has 6 unspecified atom stereocenters. The van der Waals surface area contributed by atoms with Crippen molar-refractivity contribution in [1.82, 2.24) is 38.7 Å². The molecule has 90 heavy (non-hydrogen) atoms. The van der Waals surface area contributed by atoms with Gasteiger partial charge in [0.1, 0.15) is 5.88 Å². The van der Waals surface area contributed by atoms with Gasteiger partial charge in [-0.25, -0.2) is 19.6 Å². The number of ether oxygens (including phenoxy) is 1. The Balaban J connectivity index is 0.000000203. The first-order valence-electron chi connectivity index (χ1n) is 33.1. The quantitative estimate of drug-likeness (QED) is 0.0349. The number of hydrogen-bond acceptors (Lipinski definition) is 15. The number of carboxylic acids is 1. The van der Waals surface area contributed by atoms with Gasteiger partial charge in [0.2, 0.25) is 17.3 Å². The number of aliphatic carboxylic acids is 1. The number of alkyl halides is 1. The van der Waals surface area contributed by atoms with Crippen LogP contribution in [0.3, 0.4) is 0 Å². The molecule has 2 amide bonds. The second-order valence-corrected chi connectivity index (χ2v) is 26.4. The van der Waals surface area contributed by atoms with Crippen LogP contribution in [0.4, 0.5) is 0 Å². The summed E-state index contributed by atoms with van der Waals surface area (Å²) in [6.45, 7) is 9.69. The number of aromatic nitrogens is 4. The smallest absolute Gasteiger partial charge is 0.362 e. The molecular weight excluding hydrogens is 1160 g/mol. The fourth-order valence-electron chi connectivity index (χ4n) is 17.6. The lowest BCUT2D eigenvalue weighted by Crippen LogP contribution is -2.58. The number of carboxylic acid groups (broad SMARTS) is 1. The molecule has 0 spiro atoms. The molecule has 12 rings (SSSR count). The molecule has 4 aliphatic carbocycles. The highest BCUT2D eigenvalue weighted by molar-refractivity contribution is 6.42. The number of carbonyl (C=O) groups is 4. The van der Waals surface area contributed by atoms with Gasteiger partial charge in [-0.1, -0.05) is 101 Å². The number of amides is 2. The van der Waals surface area contributed by atoms with Crippen LogP contribution in [-0.2, 0) is 28.8 Å². The van der Waals surface area contributed by atoms with Gasteiger partial charge in [-0.2, -0.15) is 0 Å². The van der Waals surface area contributed by atoms with Crippen LogP contribution >= 0.6 is 11.6 Å². The van der Waals surface area contributed by atoms with Crippen LogP contribution in [-0.4, -0.2) is 166 Å². The number of benzene rings is 2. The van der Waals surface area contributed by atoms with E-state index in [1.165, 1.54) is 110 Å². The SMILES string of the molecule is C.C.CCN(CC)C(=O)CCl.CCN(CC)C(=O)CO/N=C(\C(=O)O)c1nc2ccccc2n(C2C[C@H]3CCC[C@@H](C2)N3C2CC3CCCC(C3)C2)c1=O.COC(=O)/C(=N\O)c1nc2ccccc2n(C2C[C@H]3CCC[C@@H](C2)N3C2CC3CCCC(C3)C2)c1=O. The summed E-state index contributed by atoms with van der Waals surface area (Å²) >= 11 is 5.31. The summed E-state index contributed by atoms with van der Waals surface area (Å²) < 4.78 is 8.37. The number of rotatable bonds is 16. The first-order chi connectivity index (χ1) is 42.7. The van der Waals surface area contributed by atoms with Crippen LogP contribution in [0.25, 0.3) is 22.1 Å². The number of fused-ring (bicyclic) bond motifs is 10. The third-order valence-corrected chi connectivity index (χ3v) is 21.4. The van der Waals surface area contributed by atoms with Crippen LogP contribution in [0.5, 0.6) is 0 Å². The maximum absolute atomic E-state index is 14.2. The van der Waals surface area contributed by atoms with Crippen LogP contribution in [0, 0.1) is 23.7 Å². The fraction of sp³-hybridized carbons (Fsp3) is 0.681. The molecule has 0 radical (unpaired) electrons. The molecule has 494 valence electrons. The lowest BCUT2D eigenvalue weighted by atomic mass is 9.68. The highest BCUT2D eigenvalue weighted by atomic mass is 35.5. The van der Waals surface area contributed by atoms with Gasteiger partial charge in [0.05, 0.1) is 29.2 Å². The van der Waals surface area contributed by atoms with Crippen LogP contribution in [0.15, 0.2) is 68.4 Å². The van der Waals surface area contributed by atoms with Crippen LogP contribution in [0.1, 0.15) is 207 Å². The third-order valence-electron chi connectivity index (χ3n) is 21.2. The lowest BCUT2D eigenvalue weighted by molar-refractivity contribution is -0.136. The van der Waals surface area contributed by atoms with Crippen molar-refractivity contribution in [3.8, 4) is 0 Å². The molecule has 20 nitrogen and oxygen atoms in total. The van der Waals surface area contributed by atoms with E-state index in [1.807, 2.05) is 74.7 Å². The molecule has 4 aromatic rings. The number of esters is 1. The number of nitrogens with zero attached hydrogens (tertiary/aromatic N) is 10. The average molecular weight is 1270 g/mol. The second-order valence-electron chi connectivity index (χ2n) is 26.1. The van der Waals surface area contributed by atoms with Crippen molar-refractivity contribution in [2.45, 2.75) is 232 Å². The molecular formula is C69H101ClN10O10. The maximum Gasteiger partial charge on any atom is 0.362 e. The summed E-state index contributed by atoms with van der Waals surface area (Å²) in [6.07, 6.45) is 27.1. The number of halogens is 1. The Morgan fingerprint density at radius 1 is 0.544 bits per heavy atom. The number of para-hydroxylation sites is 4. The molecule has 4 saturated carbocycles. The summed E-state index contributed by atoms with van der Waals surface area (Å²) in [6, 6.07) is 18.0. The monoisotopic (exact) mass is 1260 g/mol. The van der Waals surface area contributed by atoms with E-state index in [0.29, 0.717) is 65.9 Å². The molecule has 10 atom stereocenters. The molecule has 2 N–H and O–H groups in total. The van der Waals surface area contributed by atoms with Crippen LogP contribution in [0.2, 0.25) is 0 Å². The summed E-state index contributed by atoms with van der Waals surface area (Å²) in [7, 11) is 1.20. The molecule has 2 aromatic heterocycles. The van der Waals surface area contributed by atoms with Gasteiger partial charge in [-0.15, -0.1) is 11.6 Å². The van der Waals surface area contributed by atoms with Gasteiger partial charge in [0.15, 0.2) is 18.0 Å². The molecule has 2 aromatic carbocycles. The summed E-state index contributed by atoms with van der Waals surface area (Å²) in [5.41, 5.74) is 0.307. The van der Waals surface area contributed by atoms with Crippen LogP contribution < -0.4 is 11.1 Å². The van der Waals surface area contributed by atoms with Crippen molar-refractivity contribution >= 4 is 68.8 Å². The predicted molar refractivity (Wildman–Crippen MR) is 353 cm³/mol. The van der Waals surface area contributed by atoms with Crippen molar-refractivity contribution < 1.29 is 39.1 Å². The minimum Gasteiger partial charge on any atom is -0.476 e. The zero-order valence-corrected chi connectivity index (χ0v) is 53.1. The summed E-state index contributed by atoms with van der Waals surface area (Å²) in [5, 5.41) is 26.5. The second kappa shape index (κ2) is 31.9. The Hall–Kier alpha value is -6.25. The van der Waals surface area contributed by atoms with Crippen molar-refractivity contribution in [3.63, 3.8) is 0 Å². The maximum atomic E-state index is 14.2. The topological polar surface area (TPSA) is 235 Å². The molecule has 8 aliphatic rings. The van der Waals surface area contributed by atoms with E-state index in [-0.39, 0.29) is 56.0 Å². The van der Waals surface area contributed by atoms with Crippen molar-refractivity contribution in [2.75, 3.05) is 45.8 Å². The first kappa shape index (κ1) is 69.6. The van der Waals surface area contributed by atoms with Gasteiger partial charge < -0.3 is 38.8 Å². The van der Waals surface area contributed by atoms with Gasteiger partial charge >= 0.3 is 11.9 Å². The Morgan fingerprint density at radius 3 is 1.28 bits per heavy atom. The Morgan fingerprint density at radius 2 is 0.922 bits per heavy atom. The minimum absolute atomic E-state index is 0. The molecule has 8 fully saturated rings. The summed E-state index contributed by atoms with van der Waals surface area (Å²) in [4.78, 5) is 98.9. The largest absolute Gasteiger partial charge is 0.476 e. The van der Waals surface area contributed by atoms with Crippen molar-refractivity contribution in [1.29, 1.82) is 0 Å². The van der Waals surface area contributed by atoms with Gasteiger partial charge in [0.25, 0.3) is 17.0 Å². The number of piperidine rings is 4. The van der Waals surface area contributed by atoms with Crippen molar-refractivity contribution in [2.24, 2.45) is 34.0 Å². The first-order valence-corrected chi connectivity index (χ1v) is 33.7. The molecule has 8 bridgehead atoms. The fourth-order valence-corrected chi connectivity index (χ4v) is 17.7. The van der Waals surface area contributed by atoms with E-state index in [4.69, 9.17) is 21.2 Å². The number of oxime groups is 2. The number of carbonyl (C=O) groups excluding carboxylic acids is 3. The molecule has 4 aliphatic heterocycles. The molecule has 21 heteroatoms. The highest BCUT2D eigenvalue weighted by Crippen LogP contribution is 2.49. The Bertz CT molecular complexity index is 3260. The standard InChI is InChI=1S/C33H45N5O5.C28H36N4O4.C6H12ClNO.2CH4/c1-3-36(4-2)29(39)20-43-35-31(33(41)42)30-32(40)38(28-14-6-5-13-27(28)34-30)26-18-23-11-8-12-24(19-26)37(23)25-16-21-9-7-10-22(15-21)17-25;1-36-28(34)26(30-35)25-27(33)32(24-11-3-2-10-23(24)29-25)22-15-19-8-5-9-20(16-22)31(19)21-13-17-6-4-7-18(12-17)14-21;1-3-8(4-2)6(9)5-7;;/h5-6,13-14,21-26H,3-4,7-12,15-20H2,1-2H3,(H,41,42);2-3,10-11,17-22,35H,4-9,12-16H2,1H3;3-5H2,1-2H3;2*1H4/b35-31-;30-26-;;;/t21?,22?,23-,24+,25?,26?;17?,18?,19-,20+,21?,22?;;;. The van der Waals surface area contributed by atoms with E-state index in [1.54, 1.807) is 20.4 Å². The van der Waals surface area contributed by atoms with E-state index >= 15 is 0 Å². The van der Waals surface area contributed by atoms with Gasteiger partial charge in [-0.3, -0.25) is 29.0 Å². The Labute approximate surface area is 536 Å². The van der Waals surface area contributed by atoms with Gasteiger partial charge in [-0.05, 0) is 166 Å². The Kier molecular flexibility index (Phi) is 24.7. The average Bonchev–Trinajstić information content (AvgIpc) is 0.784. The minimum atomic E-state index is -1.42. The van der Waals surface area contributed by atoms with E-state index in [0.717, 1.165) is 80.8 Å². The highest BCUT2D eigenvalue weighted by Gasteiger charge is 2.48. The zero-order valence-electron chi connectivity index (χ0n) is 52.4. The lowest BCUT2D eigenvalue weighted by Gasteiger charge is -2.55. The summed E-state index contributed by atoms with van der Waals surface area (Å²) in [5.74, 6) is 1.03. The predicted octanol–water partition coefficient (Wildman–Crippen LogP) is 11.2. The third kappa shape index (κ3) is 15.1. The zero-order chi connectivity index (χ0) is 62.2. The van der Waals surface area contributed by atoms with E-state index in [2.05, 4.69) is 30.1 Å². The normalized spacial score (nSPS) is 28.1. The van der Waals surface area contributed by atoms with Gasteiger partial charge in [0, 0.05) is 74.5 Å². The molecule has 4 saturated heterocycles. The van der Waals surface area contributed by atoms with E-state index < -0.39 is 41.1 Å². The number of methoxy groups -OCH3 is 1. The number of hydrogen-bond donors (Lipinski definition) is 2. The number of likely N-dealkylation sites (N-methyl/N-ethyl adjacent to an activating group) is 1. The van der Waals surface area contributed by atoms with E-state index in [9.17, 15) is 39.1 Å².